The van der Waals surface area contributed by atoms with Gasteiger partial charge in [-0.3, -0.25) is 4.79 Å². The topological polar surface area (TPSA) is 58.9 Å². The molecule has 2 rings (SSSR count). The molecule has 4 nitrogen and oxygen atoms in total. The third-order valence-corrected chi connectivity index (χ3v) is 2.61. The van der Waals surface area contributed by atoms with Crippen molar-refractivity contribution < 1.29 is 14.6 Å². The molecule has 0 aliphatic carbocycles. The van der Waals surface area contributed by atoms with Gasteiger partial charge >= 0.3 is 5.97 Å². The fraction of sp³-hybridized carbons (Fsp3) is 0.333. The summed E-state index contributed by atoms with van der Waals surface area (Å²) in [6.45, 7) is 2.99. The summed E-state index contributed by atoms with van der Waals surface area (Å²) in [7, 11) is 0. The molecule has 0 amide bonds. The molecule has 4 heteroatoms. The normalized spacial score (nSPS) is 16.4. The van der Waals surface area contributed by atoms with Gasteiger partial charge in [-0.1, -0.05) is 12.1 Å². The first-order chi connectivity index (χ1) is 7.68. The molecule has 1 unspecified atom stereocenters. The second kappa shape index (κ2) is 4.35. The highest BCUT2D eigenvalue weighted by atomic mass is 16.5. The Morgan fingerprint density at radius 3 is 2.62 bits per heavy atom. The fourth-order valence-corrected chi connectivity index (χ4v) is 1.57. The van der Waals surface area contributed by atoms with E-state index in [2.05, 4.69) is 4.99 Å². The van der Waals surface area contributed by atoms with Crippen LogP contribution in [0.3, 0.4) is 0 Å². The zero-order valence-corrected chi connectivity index (χ0v) is 9.01. The third kappa shape index (κ3) is 2.05. The van der Waals surface area contributed by atoms with Crippen LogP contribution < -0.4 is 0 Å². The number of hydrogen-bond donors (Lipinski definition) is 1. The molecular formula is C12H13NO3. The molecule has 1 heterocycles. The first kappa shape index (κ1) is 10.7. The van der Waals surface area contributed by atoms with Crippen LogP contribution in [0, 0.1) is 0 Å². The van der Waals surface area contributed by atoms with Crippen molar-refractivity contribution in [2.24, 2.45) is 4.99 Å². The van der Waals surface area contributed by atoms with E-state index >= 15 is 0 Å². The SMILES string of the molecule is CC(C(=O)O)c1ccc(C2=NCCO2)cc1. The molecule has 0 fully saturated rings. The van der Waals surface area contributed by atoms with Crippen molar-refractivity contribution in [3.05, 3.63) is 35.4 Å². The van der Waals surface area contributed by atoms with Gasteiger partial charge < -0.3 is 9.84 Å². The highest BCUT2D eigenvalue weighted by molar-refractivity contribution is 5.95. The average molecular weight is 219 g/mol. The largest absolute Gasteiger partial charge is 0.481 e. The number of hydrogen-bond acceptors (Lipinski definition) is 3. The minimum absolute atomic E-state index is 0.486. The fourth-order valence-electron chi connectivity index (χ4n) is 1.57. The molecule has 1 aliphatic heterocycles. The molecule has 16 heavy (non-hydrogen) atoms. The minimum Gasteiger partial charge on any atom is -0.481 e. The van der Waals surface area contributed by atoms with Crippen LogP contribution in [-0.4, -0.2) is 30.1 Å². The summed E-state index contributed by atoms with van der Waals surface area (Å²) in [6, 6.07) is 7.30. The molecule has 1 N–H and O–H groups in total. The van der Waals surface area contributed by atoms with Crippen molar-refractivity contribution >= 4 is 11.9 Å². The number of aliphatic imine (C=N–C) groups is 1. The smallest absolute Gasteiger partial charge is 0.310 e. The van der Waals surface area contributed by atoms with E-state index in [1.54, 1.807) is 19.1 Å². The summed E-state index contributed by atoms with van der Waals surface area (Å²) < 4.78 is 5.32. The van der Waals surface area contributed by atoms with Gasteiger partial charge in [-0.2, -0.15) is 0 Å². The van der Waals surface area contributed by atoms with Gasteiger partial charge in [-0.25, -0.2) is 4.99 Å². The van der Waals surface area contributed by atoms with E-state index in [4.69, 9.17) is 9.84 Å². The molecule has 0 saturated carbocycles. The van der Waals surface area contributed by atoms with Gasteiger partial charge in [0.25, 0.3) is 0 Å². The van der Waals surface area contributed by atoms with E-state index in [0.717, 1.165) is 11.1 Å². The van der Waals surface area contributed by atoms with Gasteiger partial charge in [0.1, 0.15) is 6.61 Å². The molecule has 0 saturated heterocycles. The van der Waals surface area contributed by atoms with E-state index in [9.17, 15) is 4.79 Å². The van der Waals surface area contributed by atoms with Gasteiger partial charge in [0.05, 0.1) is 12.5 Å². The van der Waals surface area contributed by atoms with Crippen molar-refractivity contribution in [3.8, 4) is 0 Å². The second-order valence-electron chi connectivity index (χ2n) is 3.72. The Morgan fingerprint density at radius 2 is 2.12 bits per heavy atom. The Morgan fingerprint density at radius 1 is 1.44 bits per heavy atom. The van der Waals surface area contributed by atoms with Crippen LogP contribution in [0.5, 0.6) is 0 Å². The number of benzene rings is 1. The number of carboxylic acid groups (broad SMARTS) is 1. The zero-order chi connectivity index (χ0) is 11.5. The highest BCUT2D eigenvalue weighted by Crippen LogP contribution is 2.17. The van der Waals surface area contributed by atoms with E-state index in [0.29, 0.717) is 19.0 Å². The second-order valence-corrected chi connectivity index (χ2v) is 3.72. The summed E-state index contributed by atoms with van der Waals surface area (Å²) >= 11 is 0. The monoisotopic (exact) mass is 219 g/mol. The van der Waals surface area contributed by atoms with Crippen LogP contribution in [-0.2, 0) is 9.53 Å². The summed E-state index contributed by atoms with van der Waals surface area (Å²) in [5.41, 5.74) is 1.69. The number of carboxylic acids is 1. The van der Waals surface area contributed by atoms with Crippen LogP contribution in [0.1, 0.15) is 24.0 Å². The highest BCUT2D eigenvalue weighted by Gasteiger charge is 2.15. The van der Waals surface area contributed by atoms with Crippen molar-refractivity contribution in [2.45, 2.75) is 12.8 Å². The average Bonchev–Trinajstić information content (AvgIpc) is 2.81. The van der Waals surface area contributed by atoms with E-state index in [1.807, 2.05) is 12.1 Å². The first-order valence-corrected chi connectivity index (χ1v) is 5.19. The Labute approximate surface area is 93.6 Å². The molecule has 1 atom stereocenters. The Balaban J connectivity index is 2.19. The first-order valence-electron chi connectivity index (χ1n) is 5.19. The molecule has 1 aliphatic rings. The van der Waals surface area contributed by atoms with Gasteiger partial charge in [0.2, 0.25) is 5.90 Å². The maximum Gasteiger partial charge on any atom is 0.310 e. The lowest BCUT2D eigenvalue weighted by molar-refractivity contribution is -0.138. The zero-order valence-electron chi connectivity index (χ0n) is 9.01. The van der Waals surface area contributed by atoms with Crippen molar-refractivity contribution in [1.29, 1.82) is 0 Å². The Kier molecular flexibility index (Phi) is 2.90. The van der Waals surface area contributed by atoms with Crippen LogP contribution >= 0.6 is 0 Å². The van der Waals surface area contributed by atoms with Crippen molar-refractivity contribution in [3.63, 3.8) is 0 Å². The van der Waals surface area contributed by atoms with E-state index < -0.39 is 11.9 Å². The van der Waals surface area contributed by atoms with Crippen molar-refractivity contribution in [2.75, 3.05) is 13.2 Å². The molecular weight excluding hydrogens is 206 g/mol. The maximum absolute atomic E-state index is 10.8. The lowest BCUT2D eigenvalue weighted by Crippen LogP contribution is -2.08. The summed E-state index contributed by atoms with van der Waals surface area (Å²) in [6.07, 6.45) is 0. The minimum atomic E-state index is -0.817. The standard InChI is InChI=1S/C12H13NO3/c1-8(12(14)15)9-2-4-10(5-3-9)11-13-6-7-16-11/h2-5,8H,6-7H2,1H3,(H,14,15). The number of ether oxygens (including phenoxy) is 1. The molecule has 0 radical (unpaired) electrons. The maximum atomic E-state index is 10.8. The summed E-state index contributed by atoms with van der Waals surface area (Å²) in [5.74, 6) is -0.655. The molecule has 0 spiro atoms. The van der Waals surface area contributed by atoms with Gasteiger partial charge in [0, 0.05) is 5.56 Å². The van der Waals surface area contributed by atoms with E-state index in [1.165, 1.54) is 0 Å². The lowest BCUT2D eigenvalue weighted by atomic mass is 10.00. The van der Waals surface area contributed by atoms with Crippen LogP contribution in [0.25, 0.3) is 0 Å². The van der Waals surface area contributed by atoms with Gasteiger partial charge in [0.15, 0.2) is 0 Å². The predicted octanol–water partition coefficient (Wildman–Crippen LogP) is 1.65. The number of carbonyl (C=O) groups is 1. The van der Waals surface area contributed by atoms with Crippen molar-refractivity contribution in [1.82, 2.24) is 0 Å². The summed E-state index contributed by atoms with van der Waals surface area (Å²) in [5, 5.41) is 8.87. The Hall–Kier alpha value is -1.84. The third-order valence-electron chi connectivity index (χ3n) is 2.61. The molecule has 84 valence electrons. The molecule has 1 aromatic carbocycles. The quantitative estimate of drug-likeness (QED) is 0.840. The number of aliphatic carboxylic acids is 1. The lowest BCUT2D eigenvalue weighted by Gasteiger charge is -2.07. The van der Waals surface area contributed by atoms with E-state index in [-0.39, 0.29) is 0 Å². The molecule has 0 bridgehead atoms. The summed E-state index contributed by atoms with van der Waals surface area (Å²) in [4.78, 5) is 15.0. The van der Waals surface area contributed by atoms with Gasteiger partial charge in [-0.15, -0.1) is 0 Å². The number of rotatable bonds is 3. The van der Waals surface area contributed by atoms with Gasteiger partial charge in [-0.05, 0) is 24.6 Å². The van der Waals surface area contributed by atoms with Crippen LogP contribution in [0.2, 0.25) is 0 Å². The molecule has 0 aromatic heterocycles. The predicted molar refractivity (Wildman–Crippen MR) is 59.8 cm³/mol. The van der Waals surface area contributed by atoms with Crippen LogP contribution in [0.4, 0.5) is 0 Å². The Bertz CT molecular complexity index is 422. The van der Waals surface area contributed by atoms with Crippen LogP contribution in [0.15, 0.2) is 29.3 Å². The molecule has 1 aromatic rings. The number of nitrogens with zero attached hydrogens (tertiary/aromatic N) is 1.